The van der Waals surface area contributed by atoms with Gasteiger partial charge in [0.25, 0.3) is 11.8 Å². The highest BCUT2D eigenvalue weighted by atomic mass is 35.5. The molecule has 1 aromatic heterocycles. The monoisotopic (exact) mass is 453 g/mol. The first-order chi connectivity index (χ1) is 15.5. The lowest BCUT2D eigenvalue weighted by atomic mass is 10.1. The Morgan fingerprint density at radius 3 is 2.53 bits per heavy atom. The first-order valence-corrected chi connectivity index (χ1v) is 10.4. The molecule has 0 fully saturated rings. The molecule has 0 radical (unpaired) electrons. The summed E-state index contributed by atoms with van der Waals surface area (Å²) in [5.41, 5.74) is 7.33. The summed E-state index contributed by atoms with van der Waals surface area (Å²) in [6.45, 7) is 0.870. The van der Waals surface area contributed by atoms with Gasteiger partial charge >= 0.3 is 0 Å². The predicted molar refractivity (Wildman–Crippen MR) is 127 cm³/mol. The second-order valence-electron chi connectivity index (χ2n) is 6.77. The Labute approximate surface area is 191 Å². The fourth-order valence-corrected chi connectivity index (χ4v) is 2.98. The molecular formula is C23H24ClN5O3. The summed E-state index contributed by atoms with van der Waals surface area (Å²) in [6, 6.07) is 15.1. The van der Waals surface area contributed by atoms with E-state index in [0.29, 0.717) is 47.4 Å². The Balaban J connectivity index is 1.81. The summed E-state index contributed by atoms with van der Waals surface area (Å²) in [4.78, 5) is 29.9. The molecule has 0 atom stereocenters. The standard InChI is InChI=1S/C23H24ClN5O3/c1-26-16-8-9-18(20(13-16)32-12-4-11-25)23(31)28-19-6-3-2-5-17(19)22(30)29-21-10-7-15(24)14-27-21/h2-3,5-10,13-14,26H,4,11-12,25H2,1H3,(H,28,31)(H,27,29,30). The van der Waals surface area contributed by atoms with Gasteiger partial charge in [0.15, 0.2) is 0 Å². The first-order valence-electron chi connectivity index (χ1n) is 9.99. The molecule has 0 bridgehead atoms. The van der Waals surface area contributed by atoms with Gasteiger partial charge in [0, 0.05) is 25.0 Å². The van der Waals surface area contributed by atoms with E-state index in [1.54, 1.807) is 61.6 Å². The zero-order chi connectivity index (χ0) is 22.9. The van der Waals surface area contributed by atoms with E-state index in [-0.39, 0.29) is 5.56 Å². The summed E-state index contributed by atoms with van der Waals surface area (Å²) in [6.07, 6.45) is 2.10. The molecule has 3 aromatic rings. The zero-order valence-corrected chi connectivity index (χ0v) is 18.3. The number of pyridine rings is 1. The van der Waals surface area contributed by atoms with Gasteiger partial charge in [-0.1, -0.05) is 23.7 Å². The third-order valence-electron chi connectivity index (χ3n) is 4.51. The first kappa shape index (κ1) is 23.1. The van der Waals surface area contributed by atoms with Crippen LogP contribution in [0.1, 0.15) is 27.1 Å². The lowest BCUT2D eigenvalue weighted by molar-refractivity contribution is 0.102. The molecular weight excluding hydrogens is 430 g/mol. The van der Waals surface area contributed by atoms with Gasteiger partial charge in [-0.2, -0.15) is 0 Å². The van der Waals surface area contributed by atoms with Crippen molar-refractivity contribution in [2.45, 2.75) is 6.42 Å². The number of para-hydroxylation sites is 1. The van der Waals surface area contributed by atoms with E-state index in [4.69, 9.17) is 22.1 Å². The van der Waals surface area contributed by atoms with Crippen molar-refractivity contribution in [2.75, 3.05) is 36.1 Å². The normalized spacial score (nSPS) is 10.3. The van der Waals surface area contributed by atoms with Crippen LogP contribution in [0.5, 0.6) is 5.75 Å². The van der Waals surface area contributed by atoms with Crippen LogP contribution < -0.4 is 26.4 Å². The molecule has 0 aliphatic carbocycles. The molecule has 3 rings (SSSR count). The Hall–Kier alpha value is -3.62. The van der Waals surface area contributed by atoms with Crippen LogP contribution in [0.3, 0.4) is 0 Å². The molecule has 2 amide bonds. The molecule has 8 nitrogen and oxygen atoms in total. The topological polar surface area (TPSA) is 118 Å². The second-order valence-corrected chi connectivity index (χ2v) is 7.20. The van der Waals surface area contributed by atoms with E-state index in [2.05, 4.69) is 20.9 Å². The highest BCUT2D eigenvalue weighted by Crippen LogP contribution is 2.26. The average Bonchev–Trinajstić information content (AvgIpc) is 2.81. The number of halogens is 1. The fraction of sp³-hybridized carbons (Fsp3) is 0.174. The number of benzene rings is 2. The third-order valence-corrected chi connectivity index (χ3v) is 4.73. The van der Waals surface area contributed by atoms with E-state index >= 15 is 0 Å². The smallest absolute Gasteiger partial charge is 0.259 e. The minimum Gasteiger partial charge on any atom is -0.493 e. The molecule has 166 valence electrons. The Morgan fingerprint density at radius 1 is 1.03 bits per heavy atom. The summed E-state index contributed by atoms with van der Waals surface area (Å²) < 4.78 is 5.77. The number of hydrogen-bond donors (Lipinski definition) is 4. The number of amides is 2. The van der Waals surface area contributed by atoms with Gasteiger partial charge in [-0.3, -0.25) is 9.59 Å². The lowest BCUT2D eigenvalue weighted by Gasteiger charge is -2.15. The van der Waals surface area contributed by atoms with Crippen molar-refractivity contribution in [1.29, 1.82) is 0 Å². The Kier molecular flexibility index (Phi) is 8.02. The van der Waals surface area contributed by atoms with Crippen molar-refractivity contribution < 1.29 is 14.3 Å². The van der Waals surface area contributed by atoms with Crippen molar-refractivity contribution in [1.82, 2.24) is 4.98 Å². The zero-order valence-electron chi connectivity index (χ0n) is 17.5. The minimum absolute atomic E-state index is 0.287. The maximum Gasteiger partial charge on any atom is 0.259 e. The van der Waals surface area contributed by atoms with E-state index in [1.165, 1.54) is 6.20 Å². The average molecular weight is 454 g/mol. The molecule has 0 unspecified atom stereocenters. The fourth-order valence-electron chi connectivity index (χ4n) is 2.86. The van der Waals surface area contributed by atoms with Crippen molar-refractivity contribution in [2.24, 2.45) is 5.73 Å². The molecule has 9 heteroatoms. The second kappa shape index (κ2) is 11.1. The van der Waals surface area contributed by atoms with Crippen LogP contribution in [0.15, 0.2) is 60.8 Å². The van der Waals surface area contributed by atoms with Gasteiger partial charge in [-0.25, -0.2) is 4.98 Å². The number of hydrogen-bond acceptors (Lipinski definition) is 6. The largest absolute Gasteiger partial charge is 0.493 e. The number of aromatic nitrogens is 1. The van der Waals surface area contributed by atoms with Gasteiger partial charge in [-0.15, -0.1) is 0 Å². The van der Waals surface area contributed by atoms with Crippen molar-refractivity contribution in [3.05, 3.63) is 76.9 Å². The van der Waals surface area contributed by atoms with Gasteiger partial charge in [0.2, 0.25) is 0 Å². The van der Waals surface area contributed by atoms with Crippen molar-refractivity contribution in [3.63, 3.8) is 0 Å². The van der Waals surface area contributed by atoms with Crippen LogP contribution in [0, 0.1) is 0 Å². The van der Waals surface area contributed by atoms with E-state index in [9.17, 15) is 9.59 Å². The summed E-state index contributed by atoms with van der Waals surface area (Å²) in [5, 5.41) is 8.98. The molecule has 1 heterocycles. The Bertz CT molecular complexity index is 1090. The van der Waals surface area contributed by atoms with Gasteiger partial charge in [0.1, 0.15) is 11.6 Å². The maximum absolute atomic E-state index is 13.0. The summed E-state index contributed by atoms with van der Waals surface area (Å²) >= 11 is 5.83. The number of carbonyl (C=O) groups is 2. The molecule has 2 aromatic carbocycles. The third kappa shape index (κ3) is 5.96. The molecule has 0 saturated carbocycles. The molecule has 32 heavy (non-hydrogen) atoms. The van der Waals surface area contributed by atoms with Crippen molar-refractivity contribution in [3.8, 4) is 5.75 Å². The lowest BCUT2D eigenvalue weighted by Crippen LogP contribution is -2.19. The van der Waals surface area contributed by atoms with Crippen LogP contribution in [-0.4, -0.2) is 37.0 Å². The SMILES string of the molecule is CNc1ccc(C(=O)Nc2ccccc2C(=O)Nc2ccc(Cl)cn2)c(OCCCN)c1. The number of rotatable bonds is 9. The number of carbonyl (C=O) groups excluding carboxylic acids is 2. The summed E-state index contributed by atoms with van der Waals surface area (Å²) in [5.74, 6) is -0.0465. The quantitative estimate of drug-likeness (QED) is 0.363. The maximum atomic E-state index is 13.0. The van der Waals surface area contributed by atoms with Crippen LogP contribution in [0.2, 0.25) is 5.02 Å². The van der Waals surface area contributed by atoms with Crippen LogP contribution >= 0.6 is 11.6 Å². The molecule has 0 aliphatic rings. The number of nitrogens with two attached hydrogens (primary N) is 1. The number of nitrogens with one attached hydrogen (secondary N) is 3. The van der Waals surface area contributed by atoms with Crippen LogP contribution in [-0.2, 0) is 0 Å². The Morgan fingerprint density at radius 2 is 1.81 bits per heavy atom. The highest BCUT2D eigenvalue weighted by molar-refractivity contribution is 6.30. The van der Waals surface area contributed by atoms with Crippen LogP contribution in [0.4, 0.5) is 17.2 Å². The number of nitrogens with zero attached hydrogens (tertiary/aromatic N) is 1. The predicted octanol–water partition coefficient (Wildman–Crippen LogP) is 4.01. The van der Waals surface area contributed by atoms with Gasteiger partial charge < -0.3 is 26.4 Å². The minimum atomic E-state index is -0.416. The van der Waals surface area contributed by atoms with Gasteiger partial charge in [-0.05, 0) is 49.4 Å². The summed E-state index contributed by atoms with van der Waals surface area (Å²) in [7, 11) is 1.78. The van der Waals surface area contributed by atoms with E-state index in [0.717, 1.165) is 5.69 Å². The number of ether oxygens (including phenoxy) is 1. The van der Waals surface area contributed by atoms with Crippen molar-refractivity contribution >= 4 is 40.6 Å². The van der Waals surface area contributed by atoms with Gasteiger partial charge in [0.05, 0.1) is 28.4 Å². The van der Waals surface area contributed by atoms with E-state index in [1.807, 2.05) is 0 Å². The highest BCUT2D eigenvalue weighted by Gasteiger charge is 2.18. The molecule has 0 saturated heterocycles. The molecule has 0 aliphatic heterocycles. The number of anilines is 3. The van der Waals surface area contributed by atoms with Crippen LogP contribution in [0.25, 0.3) is 0 Å². The van der Waals surface area contributed by atoms with E-state index < -0.39 is 11.8 Å². The molecule has 0 spiro atoms. The molecule has 5 N–H and O–H groups in total.